The lowest BCUT2D eigenvalue weighted by Gasteiger charge is -2.17. The Balaban J connectivity index is 1.52. The Morgan fingerprint density at radius 3 is 2.59 bits per heavy atom. The number of aryl methyl sites for hydroxylation is 1. The first-order valence-corrected chi connectivity index (χ1v) is 11.2. The standard InChI is InChI=1S/C25H22N4O2S/c1-15-12-23-26-22(27-24(30)16-4-7-19(8-5-16)25(2,3)31)14-20(29(23)28-15)17-6-9-21-18(13-17)10-11-32-21/h4-14,31H,1-3H3,(H,26,27,30). The van der Waals surface area contributed by atoms with Crippen molar-refractivity contribution in [1.82, 2.24) is 14.6 Å². The maximum atomic E-state index is 12.9. The maximum Gasteiger partial charge on any atom is 0.256 e. The second-order valence-electron chi connectivity index (χ2n) is 8.35. The van der Waals surface area contributed by atoms with Crippen LogP contribution in [0.5, 0.6) is 0 Å². The van der Waals surface area contributed by atoms with Gasteiger partial charge in [-0.1, -0.05) is 18.2 Å². The first-order valence-electron chi connectivity index (χ1n) is 10.3. The summed E-state index contributed by atoms with van der Waals surface area (Å²) in [6.45, 7) is 5.34. The molecule has 0 saturated heterocycles. The Morgan fingerprint density at radius 1 is 1.06 bits per heavy atom. The Hall–Kier alpha value is -3.55. The molecule has 0 unspecified atom stereocenters. The van der Waals surface area contributed by atoms with Crippen molar-refractivity contribution in [2.45, 2.75) is 26.4 Å². The number of hydrogen-bond acceptors (Lipinski definition) is 5. The molecule has 32 heavy (non-hydrogen) atoms. The normalized spacial score (nSPS) is 11.9. The van der Waals surface area contributed by atoms with Crippen LogP contribution in [0.4, 0.5) is 5.82 Å². The van der Waals surface area contributed by atoms with Gasteiger partial charge in [-0.2, -0.15) is 5.10 Å². The summed E-state index contributed by atoms with van der Waals surface area (Å²) in [4.78, 5) is 17.5. The highest BCUT2D eigenvalue weighted by atomic mass is 32.1. The molecule has 7 heteroatoms. The Morgan fingerprint density at radius 2 is 1.84 bits per heavy atom. The van der Waals surface area contributed by atoms with Crippen LogP contribution in [0.3, 0.4) is 0 Å². The fourth-order valence-corrected chi connectivity index (χ4v) is 4.47. The van der Waals surface area contributed by atoms with Crippen LogP contribution in [0, 0.1) is 6.92 Å². The SMILES string of the molecule is Cc1cc2nc(NC(=O)c3ccc(C(C)(C)O)cc3)cc(-c3ccc4sccc4c3)n2n1. The molecule has 2 aromatic carbocycles. The van der Waals surface area contributed by atoms with Crippen LogP contribution in [-0.2, 0) is 5.60 Å². The molecule has 5 rings (SSSR count). The minimum absolute atomic E-state index is 0.264. The topological polar surface area (TPSA) is 79.5 Å². The zero-order chi connectivity index (χ0) is 22.5. The predicted molar refractivity (Wildman–Crippen MR) is 128 cm³/mol. The molecule has 6 nitrogen and oxygen atoms in total. The van der Waals surface area contributed by atoms with Gasteiger partial charge in [0.25, 0.3) is 5.91 Å². The third-order valence-corrected chi connectivity index (χ3v) is 6.29. The Kier molecular flexibility index (Phi) is 4.80. The molecule has 160 valence electrons. The highest BCUT2D eigenvalue weighted by molar-refractivity contribution is 7.17. The zero-order valence-electron chi connectivity index (χ0n) is 18.0. The molecule has 0 aliphatic carbocycles. The summed E-state index contributed by atoms with van der Waals surface area (Å²) in [5.74, 6) is 0.189. The van der Waals surface area contributed by atoms with E-state index in [-0.39, 0.29) is 5.91 Å². The zero-order valence-corrected chi connectivity index (χ0v) is 18.8. The molecular formula is C25H22N4O2S. The van der Waals surface area contributed by atoms with Crippen molar-refractivity contribution in [2.24, 2.45) is 0 Å². The Labute approximate surface area is 189 Å². The van der Waals surface area contributed by atoms with Crippen LogP contribution in [0.25, 0.3) is 27.0 Å². The molecule has 0 spiro atoms. The van der Waals surface area contributed by atoms with E-state index < -0.39 is 5.60 Å². The van der Waals surface area contributed by atoms with Crippen LogP contribution in [0.15, 0.2) is 66.0 Å². The lowest BCUT2D eigenvalue weighted by Crippen LogP contribution is -2.17. The average Bonchev–Trinajstić information content (AvgIpc) is 3.37. The van der Waals surface area contributed by atoms with Crippen molar-refractivity contribution in [3.8, 4) is 11.3 Å². The number of amides is 1. The van der Waals surface area contributed by atoms with Gasteiger partial charge in [-0.25, -0.2) is 9.50 Å². The van der Waals surface area contributed by atoms with E-state index in [0.29, 0.717) is 17.0 Å². The van der Waals surface area contributed by atoms with E-state index in [9.17, 15) is 9.90 Å². The number of carbonyl (C=O) groups excluding carboxylic acids is 1. The summed E-state index contributed by atoms with van der Waals surface area (Å²) < 4.78 is 3.02. The van der Waals surface area contributed by atoms with Crippen LogP contribution in [-0.4, -0.2) is 25.6 Å². The molecule has 0 aliphatic heterocycles. The number of nitrogens with zero attached hydrogens (tertiary/aromatic N) is 3. The molecule has 0 bridgehead atoms. The summed E-state index contributed by atoms with van der Waals surface area (Å²) in [6.07, 6.45) is 0. The number of fused-ring (bicyclic) bond motifs is 2. The predicted octanol–water partition coefficient (Wildman–Crippen LogP) is 5.40. The largest absolute Gasteiger partial charge is 0.386 e. The molecule has 2 N–H and O–H groups in total. The number of rotatable bonds is 4. The molecule has 3 aromatic heterocycles. The van der Waals surface area contributed by atoms with Gasteiger partial charge in [-0.3, -0.25) is 4.79 Å². The van der Waals surface area contributed by atoms with Gasteiger partial charge >= 0.3 is 0 Å². The van der Waals surface area contributed by atoms with Crippen molar-refractivity contribution >= 4 is 38.8 Å². The van der Waals surface area contributed by atoms with Crippen molar-refractivity contribution in [1.29, 1.82) is 0 Å². The van der Waals surface area contributed by atoms with Crippen molar-refractivity contribution in [3.05, 3.63) is 82.9 Å². The summed E-state index contributed by atoms with van der Waals surface area (Å²) in [7, 11) is 0. The number of nitrogens with one attached hydrogen (secondary N) is 1. The number of aromatic nitrogens is 3. The summed E-state index contributed by atoms with van der Waals surface area (Å²) in [5.41, 5.74) is 3.64. The first kappa shape index (κ1) is 20.4. The van der Waals surface area contributed by atoms with Gasteiger partial charge in [0.15, 0.2) is 5.65 Å². The van der Waals surface area contributed by atoms with E-state index in [1.165, 1.54) is 10.1 Å². The van der Waals surface area contributed by atoms with Crippen LogP contribution < -0.4 is 5.32 Å². The van der Waals surface area contributed by atoms with Crippen LogP contribution in [0.1, 0.15) is 35.5 Å². The molecule has 0 aliphatic rings. The number of aliphatic hydroxyl groups is 1. The monoisotopic (exact) mass is 442 g/mol. The van der Waals surface area contributed by atoms with Gasteiger partial charge in [0.2, 0.25) is 0 Å². The second kappa shape index (κ2) is 7.55. The van der Waals surface area contributed by atoms with Crippen molar-refractivity contribution < 1.29 is 9.90 Å². The molecular weight excluding hydrogens is 420 g/mol. The molecule has 0 saturated carbocycles. The lowest BCUT2D eigenvalue weighted by molar-refractivity contribution is 0.0785. The number of carbonyl (C=O) groups is 1. The third kappa shape index (κ3) is 3.77. The number of hydrogen-bond donors (Lipinski definition) is 2. The fraction of sp³-hybridized carbons (Fsp3) is 0.160. The molecule has 3 heterocycles. The lowest BCUT2D eigenvalue weighted by atomic mass is 9.97. The van der Waals surface area contributed by atoms with Gasteiger partial charge in [-0.15, -0.1) is 11.3 Å². The Bertz CT molecular complexity index is 1460. The highest BCUT2D eigenvalue weighted by Gasteiger charge is 2.17. The van der Waals surface area contributed by atoms with Gasteiger partial charge in [-0.05, 0) is 67.4 Å². The van der Waals surface area contributed by atoms with Gasteiger partial charge in [0.1, 0.15) is 5.82 Å². The van der Waals surface area contributed by atoms with E-state index in [0.717, 1.165) is 22.5 Å². The van der Waals surface area contributed by atoms with Crippen LogP contribution >= 0.6 is 11.3 Å². The number of thiophene rings is 1. The van der Waals surface area contributed by atoms with E-state index >= 15 is 0 Å². The second-order valence-corrected chi connectivity index (χ2v) is 9.29. The average molecular weight is 443 g/mol. The summed E-state index contributed by atoms with van der Waals surface area (Å²) in [6, 6.07) is 19.0. The third-order valence-electron chi connectivity index (χ3n) is 5.39. The van der Waals surface area contributed by atoms with E-state index in [4.69, 9.17) is 0 Å². The molecule has 0 atom stereocenters. The van der Waals surface area contributed by atoms with Crippen molar-refractivity contribution in [3.63, 3.8) is 0 Å². The van der Waals surface area contributed by atoms with Gasteiger partial charge < -0.3 is 10.4 Å². The first-order chi connectivity index (χ1) is 15.3. The molecule has 0 radical (unpaired) electrons. The fourth-order valence-electron chi connectivity index (χ4n) is 3.70. The minimum atomic E-state index is -0.958. The quantitative estimate of drug-likeness (QED) is 0.391. The minimum Gasteiger partial charge on any atom is -0.386 e. The number of benzene rings is 2. The van der Waals surface area contributed by atoms with E-state index in [1.807, 2.05) is 19.1 Å². The summed E-state index contributed by atoms with van der Waals surface area (Å²) >= 11 is 1.70. The van der Waals surface area contributed by atoms with Crippen molar-refractivity contribution in [2.75, 3.05) is 5.32 Å². The highest BCUT2D eigenvalue weighted by Crippen LogP contribution is 2.29. The van der Waals surface area contributed by atoms with Gasteiger partial charge in [0, 0.05) is 28.0 Å². The van der Waals surface area contributed by atoms with Crippen LogP contribution in [0.2, 0.25) is 0 Å². The number of anilines is 1. The maximum absolute atomic E-state index is 12.9. The molecule has 1 amide bonds. The molecule has 0 fully saturated rings. The van der Waals surface area contributed by atoms with E-state index in [1.54, 1.807) is 54.0 Å². The smallest absolute Gasteiger partial charge is 0.256 e. The summed E-state index contributed by atoms with van der Waals surface area (Å²) in [5, 5.41) is 20.9. The van der Waals surface area contributed by atoms with Gasteiger partial charge in [0.05, 0.1) is 17.0 Å². The molecule has 5 aromatic rings. The van der Waals surface area contributed by atoms with E-state index in [2.05, 4.69) is 45.0 Å².